The molecule has 0 radical (unpaired) electrons. The second-order valence-electron chi connectivity index (χ2n) is 6.39. The minimum absolute atomic E-state index is 0.152. The first-order chi connectivity index (χ1) is 12.8. The van der Waals surface area contributed by atoms with Crippen molar-refractivity contribution in [1.82, 2.24) is 0 Å². The van der Waals surface area contributed by atoms with Crippen LogP contribution < -0.4 is 19.1 Å². The van der Waals surface area contributed by atoms with Crippen molar-refractivity contribution in [1.29, 1.82) is 0 Å². The number of para-hydroxylation sites is 2. The first kappa shape index (κ1) is 19.0. The van der Waals surface area contributed by atoms with Crippen LogP contribution in [0.5, 0.6) is 11.5 Å². The number of nitrogens with zero attached hydrogens (tertiary/aromatic N) is 1. The van der Waals surface area contributed by atoms with E-state index in [1.165, 1.54) is 11.4 Å². The Hall–Kier alpha value is -2.74. The highest BCUT2D eigenvalue weighted by Crippen LogP contribution is 2.34. The first-order valence-corrected chi connectivity index (χ1v) is 10.3. The van der Waals surface area contributed by atoms with Crippen LogP contribution >= 0.6 is 0 Å². The third-order valence-electron chi connectivity index (χ3n) is 4.30. The lowest BCUT2D eigenvalue weighted by molar-refractivity contribution is -0.122. The minimum Gasteiger partial charge on any atom is -0.495 e. The molecule has 2 aromatic rings. The van der Waals surface area contributed by atoms with Crippen molar-refractivity contribution in [2.24, 2.45) is 0 Å². The Labute approximate surface area is 158 Å². The van der Waals surface area contributed by atoms with E-state index < -0.39 is 16.1 Å². The monoisotopic (exact) mass is 390 g/mol. The molecule has 8 heteroatoms. The lowest BCUT2D eigenvalue weighted by Gasteiger charge is -2.20. The minimum atomic E-state index is -3.49. The maximum absolute atomic E-state index is 12.8. The van der Waals surface area contributed by atoms with E-state index in [2.05, 4.69) is 5.32 Å². The number of amides is 1. The van der Waals surface area contributed by atoms with Gasteiger partial charge in [0.15, 0.2) is 6.10 Å². The van der Waals surface area contributed by atoms with Gasteiger partial charge in [0.05, 0.1) is 24.7 Å². The van der Waals surface area contributed by atoms with Gasteiger partial charge in [-0.3, -0.25) is 9.10 Å². The van der Waals surface area contributed by atoms with Crippen molar-refractivity contribution in [3.05, 3.63) is 48.0 Å². The zero-order chi connectivity index (χ0) is 19.6. The van der Waals surface area contributed by atoms with Crippen LogP contribution in [-0.4, -0.2) is 40.3 Å². The van der Waals surface area contributed by atoms with Gasteiger partial charge in [-0.2, -0.15) is 0 Å². The standard InChI is InChI=1S/C19H22N2O5S/c1-13-8-9-16(25-2)14(12-13)20-19(22)18-10-11-21(27(3,23)24)15-6-4-5-7-17(15)26-18/h4-9,12,18H,10-11H2,1-3H3,(H,20,22). The summed E-state index contributed by atoms with van der Waals surface area (Å²) in [6.45, 7) is 2.07. The molecule has 27 heavy (non-hydrogen) atoms. The topological polar surface area (TPSA) is 84.9 Å². The molecule has 3 rings (SSSR count). The van der Waals surface area contributed by atoms with Gasteiger partial charge in [0, 0.05) is 13.0 Å². The predicted octanol–water partition coefficient (Wildman–Crippen LogP) is 2.56. The van der Waals surface area contributed by atoms with Crippen molar-refractivity contribution >= 4 is 27.3 Å². The van der Waals surface area contributed by atoms with Gasteiger partial charge >= 0.3 is 0 Å². The lowest BCUT2D eigenvalue weighted by atomic mass is 10.2. The number of nitrogens with one attached hydrogen (secondary N) is 1. The molecule has 0 saturated heterocycles. The van der Waals surface area contributed by atoms with Gasteiger partial charge in [-0.15, -0.1) is 0 Å². The molecule has 0 fully saturated rings. The van der Waals surface area contributed by atoms with Crippen LogP contribution in [0.1, 0.15) is 12.0 Å². The molecule has 0 spiro atoms. The number of aryl methyl sites for hydroxylation is 1. The van der Waals surface area contributed by atoms with Gasteiger partial charge in [-0.05, 0) is 36.8 Å². The lowest BCUT2D eigenvalue weighted by Crippen LogP contribution is -2.36. The van der Waals surface area contributed by atoms with Gasteiger partial charge in [-0.25, -0.2) is 8.42 Å². The number of sulfonamides is 1. The number of benzene rings is 2. The molecule has 7 nitrogen and oxygen atoms in total. The number of carbonyl (C=O) groups is 1. The zero-order valence-electron chi connectivity index (χ0n) is 15.4. The Morgan fingerprint density at radius 3 is 2.70 bits per heavy atom. The molecule has 1 aliphatic rings. The molecule has 1 unspecified atom stereocenters. The quantitative estimate of drug-likeness (QED) is 0.867. The number of carbonyl (C=O) groups excluding carboxylic acids is 1. The average Bonchev–Trinajstić information content (AvgIpc) is 2.81. The largest absolute Gasteiger partial charge is 0.495 e. The van der Waals surface area contributed by atoms with Crippen LogP contribution in [0.25, 0.3) is 0 Å². The number of ether oxygens (including phenoxy) is 2. The summed E-state index contributed by atoms with van der Waals surface area (Å²) < 4.78 is 36.7. The van der Waals surface area contributed by atoms with E-state index in [0.29, 0.717) is 22.9 Å². The zero-order valence-corrected chi connectivity index (χ0v) is 16.2. The smallest absolute Gasteiger partial charge is 0.265 e. The van der Waals surface area contributed by atoms with E-state index in [-0.39, 0.29) is 18.9 Å². The second-order valence-corrected chi connectivity index (χ2v) is 8.30. The number of fused-ring (bicyclic) bond motifs is 1. The van der Waals surface area contributed by atoms with Crippen molar-refractivity contribution in [3.8, 4) is 11.5 Å². The Morgan fingerprint density at radius 2 is 2.00 bits per heavy atom. The number of anilines is 2. The summed E-state index contributed by atoms with van der Waals surface area (Å²) in [6, 6.07) is 12.3. The summed E-state index contributed by atoms with van der Waals surface area (Å²) in [4.78, 5) is 12.8. The fraction of sp³-hybridized carbons (Fsp3) is 0.316. The van der Waals surface area contributed by atoms with Crippen LogP contribution in [0.4, 0.5) is 11.4 Å². The summed E-state index contributed by atoms with van der Waals surface area (Å²) in [5.41, 5.74) is 1.95. The van der Waals surface area contributed by atoms with Gasteiger partial charge < -0.3 is 14.8 Å². The summed E-state index contributed by atoms with van der Waals surface area (Å²) in [6.07, 6.45) is 0.534. The highest BCUT2D eigenvalue weighted by atomic mass is 32.2. The van der Waals surface area contributed by atoms with Crippen molar-refractivity contribution < 1.29 is 22.7 Å². The molecule has 0 bridgehead atoms. The Balaban J connectivity index is 1.87. The van der Waals surface area contributed by atoms with Crippen LogP contribution in [0.2, 0.25) is 0 Å². The van der Waals surface area contributed by atoms with Gasteiger partial charge in [0.25, 0.3) is 5.91 Å². The van der Waals surface area contributed by atoms with E-state index in [0.717, 1.165) is 11.8 Å². The fourth-order valence-corrected chi connectivity index (χ4v) is 3.94. The van der Waals surface area contributed by atoms with Crippen LogP contribution in [0.15, 0.2) is 42.5 Å². The van der Waals surface area contributed by atoms with Crippen molar-refractivity contribution in [2.45, 2.75) is 19.4 Å². The Bertz CT molecular complexity index is 958. The summed E-state index contributed by atoms with van der Waals surface area (Å²) >= 11 is 0. The van der Waals surface area contributed by atoms with Crippen molar-refractivity contribution in [3.63, 3.8) is 0 Å². The molecule has 2 aromatic carbocycles. The molecular formula is C19H22N2O5S. The predicted molar refractivity (Wildman–Crippen MR) is 104 cm³/mol. The maximum atomic E-state index is 12.8. The third-order valence-corrected chi connectivity index (χ3v) is 5.48. The highest BCUT2D eigenvalue weighted by Gasteiger charge is 2.31. The van der Waals surface area contributed by atoms with Gasteiger partial charge in [0.2, 0.25) is 10.0 Å². The molecule has 0 aliphatic carbocycles. The van der Waals surface area contributed by atoms with Gasteiger partial charge in [0.1, 0.15) is 11.5 Å². The summed E-state index contributed by atoms with van der Waals surface area (Å²) in [5.74, 6) is 0.543. The van der Waals surface area contributed by atoms with E-state index >= 15 is 0 Å². The van der Waals surface area contributed by atoms with Crippen LogP contribution in [0, 0.1) is 6.92 Å². The number of methoxy groups -OCH3 is 1. The Kier molecular flexibility index (Phi) is 5.27. The second kappa shape index (κ2) is 7.48. The van der Waals surface area contributed by atoms with Gasteiger partial charge in [-0.1, -0.05) is 18.2 Å². The highest BCUT2D eigenvalue weighted by molar-refractivity contribution is 7.92. The Morgan fingerprint density at radius 1 is 1.26 bits per heavy atom. The summed E-state index contributed by atoms with van der Waals surface area (Å²) in [5, 5.41) is 2.83. The molecular weight excluding hydrogens is 368 g/mol. The maximum Gasteiger partial charge on any atom is 0.265 e. The molecule has 1 N–H and O–H groups in total. The molecule has 1 aliphatic heterocycles. The molecule has 0 saturated carbocycles. The van der Waals surface area contributed by atoms with Crippen LogP contribution in [-0.2, 0) is 14.8 Å². The normalized spacial score (nSPS) is 16.7. The van der Waals surface area contributed by atoms with E-state index in [1.807, 2.05) is 19.1 Å². The number of rotatable bonds is 4. The van der Waals surface area contributed by atoms with E-state index in [1.54, 1.807) is 30.3 Å². The van der Waals surface area contributed by atoms with Crippen molar-refractivity contribution in [2.75, 3.05) is 29.5 Å². The number of hydrogen-bond donors (Lipinski definition) is 1. The molecule has 1 amide bonds. The molecule has 1 atom stereocenters. The molecule has 0 aromatic heterocycles. The third kappa shape index (κ3) is 4.16. The van der Waals surface area contributed by atoms with E-state index in [9.17, 15) is 13.2 Å². The fourth-order valence-electron chi connectivity index (χ4n) is 2.99. The first-order valence-electron chi connectivity index (χ1n) is 8.48. The van der Waals surface area contributed by atoms with Crippen LogP contribution in [0.3, 0.4) is 0 Å². The SMILES string of the molecule is COc1ccc(C)cc1NC(=O)C1CCN(S(C)(=O)=O)c2ccccc2O1. The molecule has 1 heterocycles. The summed E-state index contributed by atoms with van der Waals surface area (Å²) in [7, 11) is -1.95. The van der Waals surface area contributed by atoms with E-state index in [4.69, 9.17) is 9.47 Å². The average molecular weight is 390 g/mol. The number of hydrogen-bond acceptors (Lipinski definition) is 5. The molecule has 144 valence electrons.